The van der Waals surface area contributed by atoms with E-state index < -0.39 is 0 Å². The minimum atomic E-state index is -0.364. The summed E-state index contributed by atoms with van der Waals surface area (Å²) in [5.74, 6) is 0.804. The summed E-state index contributed by atoms with van der Waals surface area (Å²) in [6, 6.07) is 3.76. The summed E-state index contributed by atoms with van der Waals surface area (Å²) in [4.78, 5) is 7.14. The van der Waals surface area contributed by atoms with Crippen LogP contribution in [0.25, 0.3) is 22.3 Å². The summed E-state index contributed by atoms with van der Waals surface area (Å²) in [6.45, 7) is 4.34. The number of rotatable bonds is 3. The number of piperidine rings is 2. The molecule has 142 valence electrons. The number of halogens is 1. The highest BCUT2D eigenvalue weighted by Crippen LogP contribution is 2.33. The minimum absolute atomic E-state index is 0.246. The highest BCUT2D eigenvalue weighted by molar-refractivity contribution is 5.92. The fraction of sp³-hybridized carbons (Fsp3) is 0.526. The van der Waals surface area contributed by atoms with Crippen molar-refractivity contribution in [2.75, 3.05) is 26.2 Å². The van der Waals surface area contributed by atoms with Gasteiger partial charge in [0.25, 0.3) is 0 Å². The molecule has 0 atom stereocenters. The Kier molecular flexibility index (Phi) is 4.37. The van der Waals surface area contributed by atoms with E-state index in [9.17, 15) is 4.39 Å². The zero-order valence-corrected chi connectivity index (χ0v) is 15.1. The molecular weight excluding hydrogens is 347 g/mol. The minimum Gasteiger partial charge on any atom is -0.339 e. The molecule has 2 N–H and O–H groups in total. The Hall–Kier alpha value is -2.32. The number of benzene rings is 1. The average molecular weight is 370 g/mol. The Labute approximate surface area is 156 Å². The fourth-order valence-electron chi connectivity index (χ4n) is 4.40. The van der Waals surface area contributed by atoms with E-state index in [0.29, 0.717) is 28.7 Å². The van der Waals surface area contributed by atoms with Crippen LogP contribution in [-0.2, 0) is 0 Å². The second-order valence-corrected chi connectivity index (χ2v) is 7.50. The molecule has 0 unspecified atom stereocenters. The van der Waals surface area contributed by atoms with Gasteiger partial charge in [-0.3, -0.25) is 5.10 Å². The van der Waals surface area contributed by atoms with Crippen LogP contribution in [0.15, 0.2) is 22.9 Å². The number of hydrogen-bond acceptors (Lipinski definition) is 6. The molecule has 0 saturated carbocycles. The first-order valence-electron chi connectivity index (χ1n) is 9.70. The van der Waals surface area contributed by atoms with Gasteiger partial charge in [0.1, 0.15) is 5.82 Å². The van der Waals surface area contributed by atoms with Gasteiger partial charge in [-0.1, -0.05) is 5.16 Å². The highest BCUT2D eigenvalue weighted by Gasteiger charge is 2.30. The monoisotopic (exact) mass is 370 g/mol. The molecule has 8 heteroatoms. The summed E-state index contributed by atoms with van der Waals surface area (Å²) in [7, 11) is 0. The van der Waals surface area contributed by atoms with Crippen LogP contribution in [0.3, 0.4) is 0 Å². The third kappa shape index (κ3) is 3.12. The van der Waals surface area contributed by atoms with E-state index in [2.05, 4.69) is 30.6 Å². The number of fused-ring (bicyclic) bond motifs is 1. The van der Waals surface area contributed by atoms with Crippen molar-refractivity contribution in [3.05, 3.63) is 30.0 Å². The van der Waals surface area contributed by atoms with E-state index in [-0.39, 0.29) is 11.7 Å². The Morgan fingerprint density at radius 1 is 1.11 bits per heavy atom. The molecular formula is C19H23FN6O. The molecule has 2 saturated heterocycles. The second kappa shape index (κ2) is 7.01. The van der Waals surface area contributed by atoms with Crippen LogP contribution in [0.2, 0.25) is 0 Å². The molecule has 2 aliphatic heterocycles. The van der Waals surface area contributed by atoms with E-state index >= 15 is 0 Å². The van der Waals surface area contributed by atoms with Crippen molar-refractivity contribution in [1.82, 2.24) is 30.6 Å². The lowest BCUT2D eigenvalue weighted by Gasteiger charge is -2.38. The Bertz CT molecular complexity index is 923. The number of nitrogens with one attached hydrogen (secondary N) is 2. The summed E-state index contributed by atoms with van der Waals surface area (Å²) in [5, 5.41) is 15.0. The number of nitrogens with zero attached hydrogens (tertiary/aromatic N) is 4. The number of likely N-dealkylation sites (tertiary alicyclic amines) is 1. The fourth-order valence-corrected chi connectivity index (χ4v) is 4.40. The van der Waals surface area contributed by atoms with E-state index in [0.717, 1.165) is 44.5 Å². The van der Waals surface area contributed by atoms with Crippen LogP contribution < -0.4 is 5.32 Å². The van der Waals surface area contributed by atoms with Gasteiger partial charge in [-0.05, 0) is 64.0 Å². The van der Waals surface area contributed by atoms with Crippen molar-refractivity contribution < 1.29 is 8.91 Å². The van der Waals surface area contributed by atoms with Gasteiger partial charge < -0.3 is 14.7 Å². The average Bonchev–Trinajstić information content (AvgIpc) is 3.38. The van der Waals surface area contributed by atoms with Crippen molar-refractivity contribution >= 4 is 10.9 Å². The van der Waals surface area contributed by atoms with Gasteiger partial charge in [0.15, 0.2) is 0 Å². The molecule has 27 heavy (non-hydrogen) atoms. The van der Waals surface area contributed by atoms with Crippen molar-refractivity contribution in [3.63, 3.8) is 0 Å². The number of aromatic amines is 1. The molecule has 4 heterocycles. The normalized spacial score (nSPS) is 20.5. The number of hydrogen-bond donors (Lipinski definition) is 2. The van der Waals surface area contributed by atoms with Crippen molar-refractivity contribution in [3.8, 4) is 11.4 Å². The van der Waals surface area contributed by atoms with Crippen LogP contribution in [-0.4, -0.2) is 57.5 Å². The predicted octanol–water partition coefficient (Wildman–Crippen LogP) is 2.68. The van der Waals surface area contributed by atoms with Crippen LogP contribution in [0.4, 0.5) is 4.39 Å². The number of H-pyrrole nitrogens is 1. The summed E-state index contributed by atoms with van der Waals surface area (Å²) in [6.07, 6.45) is 6.06. The zero-order chi connectivity index (χ0) is 18.2. The molecule has 2 aliphatic rings. The third-order valence-electron chi connectivity index (χ3n) is 5.94. The van der Waals surface area contributed by atoms with E-state index in [4.69, 9.17) is 4.52 Å². The van der Waals surface area contributed by atoms with E-state index in [1.807, 2.05) is 0 Å². The van der Waals surface area contributed by atoms with Crippen LogP contribution in [0.5, 0.6) is 0 Å². The Morgan fingerprint density at radius 2 is 1.93 bits per heavy atom. The summed E-state index contributed by atoms with van der Waals surface area (Å²) < 4.78 is 19.9. The third-order valence-corrected chi connectivity index (χ3v) is 5.94. The molecule has 2 fully saturated rings. The van der Waals surface area contributed by atoms with Gasteiger partial charge in [-0.15, -0.1) is 0 Å². The van der Waals surface area contributed by atoms with Gasteiger partial charge in [0.2, 0.25) is 11.7 Å². The SMILES string of the molecule is Fc1ccc2[nH]ncc2c1-c1noc(C2CCN(C3CCNCC3)CC2)n1. The Morgan fingerprint density at radius 3 is 2.74 bits per heavy atom. The van der Waals surface area contributed by atoms with Crippen LogP contribution >= 0.6 is 0 Å². The quantitative estimate of drug-likeness (QED) is 0.738. The van der Waals surface area contributed by atoms with E-state index in [1.165, 1.54) is 18.9 Å². The molecule has 5 rings (SSSR count). The molecule has 0 spiro atoms. The lowest BCUT2D eigenvalue weighted by atomic mass is 9.93. The first-order chi connectivity index (χ1) is 13.3. The molecule has 0 bridgehead atoms. The van der Waals surface area contributed by atoms with Crippen molar-refractivity contribution in [2.45, 2.75) is 37.6 Å². The largest absolute Gasteiger partial charge is 0.339 e. The molecule has 2 aromatic heterocycles. The number of aromatic nitrogens is 4. The zero-order valence-electron chi connectivity index (χ0n) is 15.1. The van der Waals surface area contributed by atoms with Crippen molar-refractivity contribution in [1.29, 1.82) is 0 Å². The molecule has 7 nitrogen and oxygen atoms in total. The molecule has 0 amide bonds. The smallest absolute Gasteiger partial charge is 0.230 e. The highest BCUT2D eigenvalue weighted by atomic mass is 19.1. The van der Waals surface area contributed by atoms with Gasteiger partial charge in [-0.2, -0.15) is 10.1 Å². The van der Waals surface area contributed by atoms with E-state index in [1.54, 1.807) is 12.3 Å². The van der Waals surface area contributed by atoms with Gasteiger partial charge in [0, 0.05) is 17.3 Å². The first-order valence-corrected chi connectivity index (χ1v) is 9.70. The summed E-state index contributed by atoms with van der Waals surface area (Å²) >= 11 is 0. The summed E-state index contributed by atoms with van der Waals surface area (Å²) in [5.41, 5.74) is 1.11. The second-order valence-electron chi connectivity index (χ2n) is 7.50. The van der Waals surface area contributed by atoms with Crippen molar-refractivity contribution in [2.24, 2.45) is 0 Å². The first kappa shape index (κ1) is 16.8. The molecule has 1 aromatic carbocycles. The predicted molar refractivity (Wildman–Crippen MR) is 98.8 cm³/mol. The maximum Gasteiger partial charge on any atom is 0.230 e. The van der Waals surface area contributed by atoms with Crippen LogP contribution in [0, 0.1) is 5.82 Å². The molecule has 0 aliphatic carbocycles. The van der Waals surface area contributed by atoms with Crippen LogP contribution in [0.1, 0.15) is 37.5 Å². The lowest BCUT2D eigenvalue weighted by molar-refractivity contribution is 0.120. The standard InChI is InChI=1S/C19H23FN6O/c20-15-1-2-16-14(11-22-24-16)17(15)18-23-19(27-25-18)12-5-9-26(10-6-12)13-3-7-21-8-4-13/h1-2,11-13,21H,3-10H2,(H,22,24). The van der Waals surface area contributed by atoms with Gasteiger partial charge >= 0.3 is 0 Å². The Balaban J connectivity index is 1.33. The van der Waals surface area contributed by atoms with Gasteiger partial charge in [-0.25, -0.2) is 4.39 Å². The lowest BCUT2D eigenvalue weighted by Crippen LogP contribution is -2.46. The maximum absolute atomic E-state index is 14.4. The molecule has 0 radical (unpaired) electrons. The molecule has 3 aromatic rings. The van der Waals surface area contributed by atoms with Gasteiger partial charge in [0.05, 0.1) is 17.3 Å². The topological polar surface area (TPSA) is 82.9 Å². The maximum atomic E-state index is 14.4.